The van der Waals surface area contributed by atoms with Gasteiger partial charge in [0.15, 0.2) is 0 Å². The van der Waals surface area contributed by atoms with Gasteiger partial charge in [-0.2, -0.15) is 0 Å². The standard InChI is InChI=1S/C21H25N3O/c25-21(23-15-7-3-1-2-4-8-15)12-11-16-13-18-17-9-5-6-10-19(17)24-20(18)14-22-16/h5-6,9-10,13-15,24H,1-4,7-8,11-12H2,(H,23,25). The SMILES string of the molecule is O=C(CCc1cc2c(cn1)[nH]c1ccccc12)NC1CCCCCC1. The molecule has 0 spiro atoms. The van der Waals surface area contributed by atoms with Crippen LogP contribution in [-0.4, -0.2) is 21.9 Å². The van der Waals surface area contributed by atoms with Gasteiger partial charge in [-0.15, -0.1) is 0 Å². The average Bonchev–Trinajstić information content (AvgIpc) is 2.80. The molecule has 1 saturated carbocycles. The fourth-order valence-corrected chi connectivity index (χ4v) is 3.90. The van der Waals surface area contributed by atoms with Crippen molar-refractivity contribution in [2.24, 2.45) is 0 Å². The number of aromatic amines is 1. The van der Waals surface area contributed by atoms with Gasteiger partial charge in [0.2, 0.25) is 5.91 Å². The van der Waals surface area contributed by atoms with Gasteiger partial charge < -0.3 is 10.3 Å². The van der Waals surface area contributed by atoms with E-state index in [1.807, 2.05) is 12.3 Å². The number of hydrogen-bond acceptors (Lipinski definition) is 2. The van der Waals surface area contributed by atoms with Crippen molar-refractivity contribution in [2.75, 3.05) is 0 Å². The van der Waals surface area contributed by atoms with E-state index in [1.165, 1.54) is 36.5 Å². The number of benzene rings is 1. The third-order valence-corrected chi connectivity index (χ3v) is 5.28. The van der Waals surface area contributed by atoms with Crippen LogP contribution in [-0.2, 0) is 11.2 Å². The summed E-state index contributed by atoms with van der Waals surface area (Å²) < 4.78 is 0. The van der Waals surface area contributed by atoms with Crippen LogP contribution in [0.1, 0.15) is 50.6 Å². The van der Waals surface area contributed by atoms with Crippen molar-refractivity contribution < 1.29 is 4.79 Å². The molecule has 130 valence electrons. The highest BCUT2D eigenvalue weighted by atomic mass is 16.1. The molecule has 1 fully saturated rings. The number of nitrogens with zero attached hydrogens (tertiary/aromatic N) is 1. The monoisotopic (exact) mass is 335 g/mol. The van der Waals surface area contributed by atoms with Gasteiger partial charge >= 0.3 is 0 Å². The number of pyridine rings is 1. The number of rotatable bonds is 4. The fourth-order valence-electron chi connectivity index (χ4n) is 3.90. The molecule has 0 atom stereocenters. The number of aryl methyl sites for hydroxylation is 1. The Kier molecular flexibility index (Phi) is 4.68. The molecule has 4 rings (SSSR count). The van der Waals surface area contributed by atoms with Crippen LogP contribution in [0.4, 0.5) is 0 Å². The van der Waals surface area contributed by atoms with Crippen LogP contribution in [0.5, 0.6) is 0 Å². The van der Waals surface area contributed by atoms with E-state index in [2.05, 4.69) is 39.6 Å². The van der Waals surface area contributed by atoms with Crippen molar-refractivity contribution in [3.63, 3.8) is 0 Å². The zero-order valence-electron chi connectivity index (χ0n) is 14.6. The third-order valence-electron chi connectivity index (χ3n) is 5.28. The molecule has 25 heavy (non-hydrogen) atoms. The van der Waals surface area contributed by atoms with Crippen LogP contribution in [0.25, 0.3) is 21.8 Å². The number of fused-ring (bicyclic) bond motifs is 3. The molecule has 1 aliphatic rings. The summed E-state index contributed by atoms with van der Waals surface area (Å²) in [4.78, 5) is 20.2. The Hall–Kier alpha value is -2.36. The first-order valence-corrected chi connectivity index (χ1v) is 9.44. The van der Waals surface area contributed by atoms with E-state index in [1.54, 1.807) is 0 Å². The Balaban J connectivity index is 1.42. The van der Waals surface area contributed by atoms with Gasteiger partial charge in [-0.05, 0) is 31.4 Å². The largest absolute Gasteiger partial charge is 0.353 e. The van der Waals surface area contributed by atoms with Crippen LogP contribution < -0.4 is 5.32 Å². The molecule has 4 heteroatoms. The van der Waals surface area contributed by atoms with Crippen LogP contribution in [0.2, 0.25) is 0 Å². The summed E-state index contributed by atoms with van der Waals surface area (Å²) in [7, 11) is 0. The second-order valence-corrected chi connectivity index (χ2v) is 7.15. The molecule has 2 aromatic heterocycles. The number of nitrogens with one attached hydrogen (secondary N) is 2. The normalized spacial score (nSPS) is 16.2. The Morgan fingerprint density at radius 2 is 1.88 bits per heavy atom. The molecule has 4 nitrogen and oxygen atoms in total. The number of hydrogen-bond donors (Lipinski definition) is 2. The molecule has 0 aliphatic heterocycles. The van der Waals surface area contributed by atoms with E-state index in [0.29, 0.717) is 18.9 Å². The lowest BCUT2D eigenvalue weighted by Gasteiger charge is -2.16. The molecule has 1 aromatic carbocycles. The molecule has 0 saturated heterocycles. The Morgan fingerprint density at radius 1 is 1.08 bits per heavy atom. The molecule has 1 aliphatic carbocycles. The molecule has 2 heterocycles. The molecular formula is C21H25N3O. The van der Waals surface area contributed by atoms with Crippen LogP contribution in [0, 0.1) is 0 Å². The first kappa shape index (κ1) is 16.1. The second-order valence-electron chi connectivity index (χ2n) is 7.15. The van der Waals surface area contributed by atoms with Gasteiger partial charge in [0.25, 0.3) is 0 Å². The summed E-state index contributed by atoms with van der Waals surface area (Å²) in [6.07, 6.45) is 10.4. The minimum absolute atomic E-state index is 0.160. The van der Waals surface area contributed by atoms with E-state index in [0.717, 1.165) is 29.6 Å². The zero-order chi connectivity index (χ0) is 17.1. The lowest BCUT2D eigenvalue weighted by molar-refractivity contribution is -0.121. The maximum atomic E-state index is 12.3. The minimum Gasteiger partial charge on any atom is -0.353 e. The number of amides is 1. The van der Waals surface area contributed by atoms with E-state index < -0.39 is 0 Å². The molecule has 0 bridgehead atoms. The maximum absolute atomic E-state index is 12.3. The first-order chi connectivity index (χ1) is 12.3. The van der Waals surface area contributed by atoms with Gasteiger partial charge in [0, 0.05) is 34.4 Å². The van der Waals surface area contributed by atoms with Gasteiger partial charge in [-0.3, -0.25) is 9.78 Å². The highest BCUT2D eigenvalue weighted by molar-refractivity contribution is 6.06. The maximum Gasteiger partial charge on any atom is 0.220 e. The van der Waals surface area contributed by atoms with Gasteiger partial charge in [-0.1, -0.05) is 43.9 Å². The first-order valence-electron chi connectivity index (χ1n) is 9.44. The van der Waals surface area contributed by atoms with E-state index in [4.69, 9.17) is 0 Å². The molecular weight excluding hydrogens is 310 g/mol. The summed E-state index contributed by atoms with van der Waals surface area (Å²) >= 11 is 0. The summed E-state index contributed by atoms with van der Waals surface area (Å²) in [6, 6.07) is 10.8. The Bertz CT molecular complexity index is 875. The molecule has 3 aromatic rings. The lowest BCUT2D eigenvalue weighted by Crippen LogP contribution is -2.34. The van der Waals surface area contributed by atoms with Crippen molar-refractivity contribution in [1.29, 1.82) is 0 Å². The van der Waals surface area contributed by atoms with Crippen molar-refractivity contribution in [2.45, 2.75) is 57.4 Å². The summed E-state index contributed by atoms with van der Waals surface area (Å²) in [6.45, 7) is 0. The highest BCUT2D eigenvalue weighted by Crippen LogP contribution is 2.25. The van der Waals surface area contributed by atoms with Crippen molar-refractivity contribution in [1.82, 2.24) is 15.3 Å². The number of aromatic nitrogens is 2. The van der Waals surface area contributed by atoms with Gasteiger partial charge in [0.05, 0.1) is 11.7 Å². The smallest absolute Gasteiger partial charge is 0.220 e. The number of H-pyrrole nitrogens is 1. The summed E-state index contributed by atoms with van der Waals surface area (Å²) in [5, 5.41) is 5.62. The predicted molar refractivity (Wildman–Crippen MR) is 102 cm³/mol. The van der Waals surface area contributed by atoms with Gasteiger partial charge in [-0.25, -0.2) is 0 Å². The van der Waals surface area contributed by atoms with Gasteiger partial charge in [0.1, 0.15) is 0 Å². The van der Waals surface area contributed by atoms with E-state index >= 15 is 0 Å². The predicted octanol–water partition coefficient (Wildman–Crippen LogP) is 4.49. The molecule has 1 amide bonds. The van der Waals surface area contributed by atoms with Crippen molar-refractivity contribution >= 4 is 27.7 Å². The van der Waals surface area contributed by atoms with Crippen LogP contribution in [0.15, 0.2) is 36.5 Å². The van der Waals surface area contributed by atoms with Crippen LogP contribution >= 0.6 is 0 Å². The number of carbonyl (C=O) groups excluding carboxylic acids is 1. The minimum atomic E-state index is 0.160. The van der Waals surface area contributed by atoms with Crippen LogP contribution in [0.3, 0.4) is 0 Å². The molecule has 2 N–H and O–H groups in total. The second kappa shape index (κ2) is 7.26. The zero-order valence-corrected chi connectivity index (χ0v) is 14.6. The lowest BCUT2D eigenvalue weighted by atomic mass is 10.1. The quantitative estimate of drug-likeness (QED) is 0.690. The topological polar surface area (TPSA) is 57.8 Å². The van der Waals surface area contributed by atoms with Crippen molar-refractivity contribution in [3.05, 3.63) is 42.2 Å². The summed E-state index contributed by atoms with van der Waals surface area (Å²) in [5.74, 6) is 0.160. The molecule has 0 radical (unpaired) electrons. The third kappa shape index (κ3) is 3.68. The number of para-hydroxylation sites is 1. The average molecular weight is 335 g/mol. The Labute approximate surface area is 148 Å². The van der Waals surface area contributed by atoms with E-state index in [9.17, 15) is 4.79 Å². The molecule has 0 unspecified atom stereocenters. The fraction of sp³-hybridized carbons (Fsp3) is 0.429. The number of carbonyl (C=O) groups is 1. The Morgan fingerprint density at radius 3 is 2.72 bits per heavy atom. The highest BCUT2D eigenvalue weighted by Gasteiger charge is 2.15. The summed E-state index contributed by atoms with van der Waals surface area (Å²) in [5.41, 5.74) is 3.16. The van der Waals surface area contributed by atoms with Crippen molar-refractivity contribution in [3.8, 4) is 0 Å². The van der Waals surface area contributed by atoms with E-state index in [-0.39, 0.29) is 5.91 Å².